The molecule has 154 valence electrons. The van der Waals surface area contributed by atoms with E-state index in [4.69, 9.17) is 0 Å². The van der Waals surface area contributed by atoms with E-state index in [0.717, 1.165) is 51.2 Å². The van der Waals surface area contributed by atoms with Crippen LogP contribution in [0, 0.1) is 5.92 Å². The average Bonchev–Trinajstić information content (AvgIpc) is 3.19. The zero-order chi connectivity index (χ0) is 19.5. The average molecular weight is 389 g/mol. The molecule has 2 amide bonds. The molecule has 28 heavy (non-hydrogen) atoms. The molecule has 3 aliphatic rings. The molecule has 2 aliphatic heterocycles. The lowest BCUT2D eigenvalue weighted by Gasteiger charge is -2.35. The van der Waals surface area contributed by atoms with Gasteiger partial charge in [0.1, 0.15) is 12.7 Å². The SMILES string of the molecule is CC(=O)NC[C@H]1CC[C@@H](CC(=O)N2CCC(n3cnnc3)CC2)N1CC1CC1. The van der Waals surface area contributed by atoms with E-state index in [1.165, 1.54) is 12.8 Å². The van der Waals surface area contributed by atoms with E-state index in [-0.39, 0.29) is 11.8 Å². The van der Waals surface area contributed by atoms with Crippen LogP contribution >= 0.6 is 0 Å². The van der Waals surface area contributed by atoms with Crippen molar-refractivity contribution in [3.8, 4) is 0 Å². The minimum absolute atomic E-state index is 0.0295. The molecular formula is C20H32N6O2. The number of nitrogens with zero attached hydrogens (tertiary/aromatic N) is 5. The van der Waals surface area contributed by atoms with Crippen LogP contribution in [0.4, 0.5) is 0 Å². The molecule has 0 unspecified atom stereocenters. The number of carbonyl (C=O) groups excluding carboxylic acids is 2. The fourth-order valence-electron chi connectivity index (χ4n) is 4.75. The minimum atomic E-state index is 0.0295. The second-order valence-electron chi connectivity index (χ2n) is 8.69. The monoisotopic (exact) mass is 388 g/mol. The molecule has 2 saturated heterocycles. The molecule has 3 heterocycles. The highest BCUT2D eigenvalue weighted by atomic mass is 16.2. The number of carbonyl (C=O) groups is 2. The smallest absolute Gasteiger partial charge is 0.224 e. The van der Waals surface area contributed by atoms with Gasteiger partial charge in [-0.05, 0) is 44.4 Å². The Kier molecular flexibility index (Phi) is 5.94. The number of hydrogen-bond donors (Lipinski definition) is 1. The van der Waals surface area contributed by atoms with Crippen molar-refractivity contribution in [3.05, 3.63) is 12.7 Å². The highest BCUT2D eigenvalue weighted by Crippen LogP contribution is 2.35. The van der Waals surface area contributed by atoms with E-state index in [9.17, 15) is 9.59 Å². The van der Waals surface area contributed by atoms with Crippen molar-refractivity contribution in [1.82, 2.24) is 29.9 Å². The lowest BCUT2D eigenvalue weighted by atomic mass is 10.0. The van der Waals surface area contributed by atoms with Gasteiger partial charge in [-0.3, -0.25) is 14.5 Å². The van der Waals surface area contributed by atoms with Crippen LogP contribution in [0.25, 0.3) is 0 Å². The van der Waals surface area contributed by atoms with E-state index in [2.05, 4.69) is 25.0 Å². The molecule has 0 radical (unpaired) electrons. The first kappa shape index (κ1) is 19.4. The third-order valence-electron chi connectivity index (χ3n) is 6.61. The summed E-state index contributed by atoms with van der Waals surface area (Å²) in [6.07, 6.45) is 10.8. The predicted octanol–water partition coefficient (Wildman–Crippen LogP) is 1.21. The third kappa shape index (κ3) is 4.71. The summed E-state index contributed by atoms with van der Waals surface area (Å²) in [5, 5.41) is 10.8. The third-order valence-corrected chi connectivity index (χ3v) is 6.61. The van der Waals surface area contributed by atoms with Crippen molar-refractivity contribution in [1.29, 1.82) is 0 Å². The van der Waals surface area contributed by atoms with Crippen LogP contribution in [0.3, 0.4) is 0 Å². The van der Waals surface area contributed by atoms with Crippen molar-refractivity contribution >= 4 is 11.8 Å². The van der Waals surface area contributed by atoms with Gasteiger partial charge in [0.2, 0.25) is 11.8 Å². The van der Waals surface area contributed by atoms with Gasteiger partial charge < -0.3 is 14.8 Å². The molecule has 2 atom stereocenters. The second kappa shape index (κ2) is 8.59. The number of likely N-dealkylation sites (tertiary alicyclic amines) is 2. The summed E-state index contributed by atoms with van der Waals surface area (Å²) in [5.41, 5.74) is 0. The quantitative estimate of drug-likeness (QED) is 0.759. The minimum Gasteiger partial charge on any atom is -0.355 e. The van der Waals surface area contributed by atoms with Gasteiger partial charge >= 0.3 is 0 Å². The Morgan fingerprint density at radius 2 is 1.68 bits per heavy atom. The Bertz CT molecular complexity index is 666. The van der Waals surface area contributed by atoms with Gasteiger partial charge in [-0.2, -0.15) is 0 Å². The van der Waals surface area contributed by atoms with Crippen molar-refractivity contribution in [2.75, 3.05) is 26.2 Å². The molecular weight excluding hydrogens is 356 g/mol. The van der Waals surface area contributed by atoms with E-state index in [1.54, 1.807) is 19.6 Å². The molecule has 4 rings (SSSR count). The molecule has 1 aromatic heterocycles. The summed E-state index contributed by atoms with van der Waals surface area (Å²) in [7, 11) is 0. The molecule has 1 N–H and O–H groups in total. The topological polar surface area (TPSA) is 83.4 Å². The molecule has 0 bridgehead atoms. The summed E-state index contributed by atoms with van der Waals surface area (Å²) in [6, 6.07) is 1.10. The summed E-state index contributed by atoms with van der Waals surface area (Å²) >= 11 is 0. The summed E-state index contributed by atoms with van der Waals surface area (Å²) < 4.78 is 2.06. The normalized spacial score (nSPS) is 26.5. The standard InChI is InChI=1S/C20H32N6O2/c1-15(27)21-11-19-5-4-18(26(19)12-16-2-3-16)10-20(28)24-8-6-17(7-9-24)25-13-22-23-14-25/h13-14,16-19H,2-12H2,1H3,(H,21,27)/t18-,19+/m0/s1. The van der Waals surface area contributed by atoms with Crippen LogP contribution in [0.15, 0.2) is 12.7 Å². The zero-order valence-electron chi connectivity index (χ0n) is 16.8. The van der Waals surface area contributed by atoms with Gasteiger partial charge in [-0.15, -0.1) is 10.2 Å². The van der Waals surface area contributed by atoms with E-state index in [0.29, 0.717) is 31.1 Å². The van der Waals surface area contributed by atoms with Gasteiger partial charge in [0, 0.05) is 57.6 Å². The number of rotatable bonds is 7. The lowest BCUT2D eigenvalue weighted by molar-refractivity contribution is -0.133. The zero-order valence-corrected chi connectivity index (χ0v) is 16.8. The predicted molar refractivity (Wildman–Crippen MR) is 104 cm³/mol. The van der Waals surface area contributed by atoms with Crippen LogP contribution in [0.1, 0.15) is 57.9 Å². The van der Waals surface area contributed by atoms with E-state index in [1.807, 2.05) is 4.90 Å². The molecule has 3 fully saturated rings. The maximum atomic E-state index is 13.0. The van der Waals surface area contributed by atoms with E-state index < -0.39 is 0 Å². The summed E-state index contributed by atoms with van der Waals surface area (Å²) in [5.74, 6) is 1.10. The number of hydrogen-bond acceptors (Lipinski definition) is 5. The molecule has 0 aromatic carbocycles. The van der Waals surface area contributed by atoms with Crippen molar-refractivity contribution < 1.29 is 9.59 Å². The molecule has 0 spiro atoms. The Labute approximate surface area is 166 Å². The van der Waals surface area contributed by atoms with E-state index >= 15 is 0 Å². The van der Waals surface area contributed by atoms with Crippen molar-refractivity contribution in [2.24, 2.45) is 5.92 Å². The molecule has 1 aliphatic carbocycles. The highest BCUT2D eigenvalue weighted by Gasteiger charge is 2.38. The number of aromatic nitrogens is 3. The fourth-order valence-corrected chi connectivity index (χ4v) is 4.75. The van der Waals surface area contributed by atoms with Crippen LogP contribution in [-0.2, 0) is 9.59 Å². The first-order valence-corrected chi connectivity index (χ1v) is 10.7. The Morgan fingerprint density at radius 1 is 1.00 bits per heavy atom. The van der Waals surface area contributed by atoms with Crippen molar-refractivity contribution in [2.45, 2.75) is 70.0 Å². The summed E-state index contributed by atoms with van der Waals surface area (Å²) in [4.78, 5) is 28.8. The molecule has 1 aromatic rings. The largest absolute Gasteiger partial charge is 0.355 e. The summed E-state index contributed by atoms with van der Waals surface area (Å²) in [6.45, 7) is 4.98. The van der Waals surface area contributed by atoms with Gasteiger partial charge in [-0.1, -0.05) is 0 Å². The van der Waals surface area contributed by atoms with Gasteiger partial charge in [0.05, 0.1) is 0 Å². The van der Waals surface area contributed by atoms with Crippen LogP contribution in [0.2, 0.25) is 0 Å². The van der Waals surface area contributed by atoms with Crippen LogP contribution in [0.5, 0.6) is 0 Å². The molecule has 1 saturated carbocycles. The van der Waals surface area contributed by atoms with Gasteiger partial charge in [-0.25, -0.2) is 0 Å². The first-order valence-electron chi connectivity index (χ1n) is 10.7. The lowest BCUT2D eigenvalue weighted by Crippen LogP contribution is -2.46. The molecule has 8 nitrogen and oxygen atoms in total. The Balaban J connectivity index is 1.29. The maximum Gasteiger partial charge on any atom is 0.224 e. The van der Waals surface area contributed by atoms with Gasteiger partial charge in [0.15, 0.2) is 0 Å². The number of nitrogens with one attached hydrogen (secondary N) is 1. The Morgan fingerprint density at radius 3 is 2.32 bits per heavy atom. The highest BCUT2D eigenvalue weighted by molar-refractivity contribution is 5.77. The number of piperidine rings is 1. The van der Waals surface area contributed by atoms with Crippen molar-refractivity contribution in [3.63, 3.8) is 0 Å². The maximum absolute atomic E-state index is 13.0. The fraction of sp³-hybridized carbons (Fsp3) is 0.800. The molecule has 8 heteroatoms. The van der Waals surface area contributed by atoms with Crippen LogP contribution in [-0.4, -0.2) is 74.6 Å². The second-order valence-corrected chi connectivity index (χ2v) is 8.69. The number of amides is 2. The van der Waals surface area contributed by atoms with Gasteiger partial charge in [0.25, 0.3) is 0 Å². The van der Waals surface area contributed by atoms with Crippen LogP contribution < -0.4 is 5.32 Å². The first-order chi connectivity index (χ1) is 13.6. The Hall–Kier alpha value is -1.96.